The van der Waals surface area contributed by atoms with Crippen LogP contribution in [0.25, 0.3) is 0 Å². The zero-order valence-electron chi connectivity index (χ0n) is 17.9. The van der Waals surface area contributed by atoms with E-state index in [4.69, 9.17) is 5.26 Å². The molecule has 2 rings (SSSR count). The van der Waals surface area contributed by atoms with Crippen molar-refractivity contribution in [3.05, 3.63) is 57.2 Å². The Balaban J connectivity index is 2.61. The standard InChI is InChI=1S/C22H26N4O3/c1-20(2,3)15-11-22(7,12-16(19(15)27)21(4,5)6)25-24-17-9-8-14(13-23)10-18(17)26(28)29/h8-12H,1-7H3. The number of ketones is 1. The number of nitro benzene ring substituents is 1. The molecule has 1 aliphatic carbocycles. The molecule has 7 nitrogen and oxygen atoms in total. The van der Waals surface area contributed by atoms with Gasteiger partial charge in [-0.15, -0.1) is 5.11 Å². The summed E-state index contributed by atoms with van der Waals surface area (Å²) in [5, 5.41) is 28.8. The molecule has 0 radical (unpaired) electrons. The summed E-state index contributed by atoms with van der Waals surface area (Å²) in [7, 11) is 0. The number of azo groups is 1. The second kappa shape index (κ2) is 7.36. The van der Waals surface area contributed by atoms with Gasteiger partial charge in [-0.05, 0) is 42.0 Å². The molecule has 0 saturated carbocycles. The van der Waals surface area contributed by atoms with Crippen LogP contribution in [-0.2, 0) is 4.79 Å². The monoisotopic (exact) mass is 394 g/mol. The van der Waals surface area contributed by atoms with Gasteiger partial charge in [0.05, 0.1) is 16.6 Å². The molecule has 0 unspecified atom stereocenters. The number of benzene rings is 1. The topological polar surface area (TPSA) is 109 Å². The summed E-state index contributed by atoms with van der Waals surface area (Å²) >= 11 is 0. The summed E-state index contributed by atoms with van der Waals surface area (Å²) in [4.78, 5) is 23.8. The van der Waals surface area contributed by atoms with Crippen LogP contribution >= 0.6 is 0 Å². The smallest absolute Gasteiger partial charge is 0.289 e. The van der Waals surface area contributed by atoms with E-state index in [1.54, 1.807) is 12.2 Å². The predicted molar refractivity (Wildman–Crippen MR) is 111 cm³/mol. The quantitative estimate of drug-likeness (QED) is 0.364. The molecule has 1 aromatic rings. The molecule has 152 valence electrons. The summed E-state index contributed by atoms with van der Waals surface area (Å²) in [5.41, 5.74) is -0.484. The minimum absolute atomic E-state index is 0.0120. The summed E-state index contributed by atoms with van der Waals surface area (Å²) in [5.74, 6) is -0.0120. The van der Waals surface area contributed by atoms with Crippen LogP contribution in [0, 0.1) is 32.3 Å². The molecule has 29 heavy (non-hydrogen) atoms. The Kier molecular flexibility index (Phi) is 5.62. The summed E-state index contributed by atoms with van der Waals surface area (Å²) < 4.78 is 0. The summed E-state index contributed by atoms with van der Waals surface area (Å²) in [6.45, 7) is 13.6. The lowest BCUT2D eigenvalue weighted by Gasteiger charge is -2.35. The van der Waals surface area contributed by atoms with Crippen molar-refractivity contribution in [2.45, 2.75) is 54.0 Å². The van der Waals surface area contributed by atoms with Crippen LogP contribution in [0.4, 0.5) is 11.4 Å². The third kappa shape index (κ3) is 4.83. The van der Waals surface area contributed by atoms with Gasteiger partial charge < -0.3 is 0 Å². The van der Waals surface area contributed by atoms with Gasteiger partial charge in [0.2, 0.25) is 0 Å². The SMILES string of the molecule is CC1(N=Nc2ccc(C#N)cc2[N+](=O)[O-])C=C(C(C)(C)C)C(=O)C(C(C)(C)C)=C1. The van der Waals surface area contributed by atoms with Crippen LogP contribution in [0.1, 0.15) is 54.0 Å². The van der Waals surface area contributed by atoms with Crippen LogP contribution in [-0.4, -0.2) is 16.2 Å². The third-order valence-electron chi connectivity index (χ3n) is 4.65. The number of hydrogen-bond donors (Lipinski definition) is 0. The fourth-order valence-corrected chi connectivity index (χ4v) is 3.06. The van der Waals surface area contributed by atoms with Crippen molar-refractivity contribution in [1.29, 1.82) is 5.26 Å². The Morgan fingerprint density at radius 3 is 2.00 bits per heavy atom. The highest BCUT2D eigenvalue weighted by Crippen LogP contribution is 2.42. The van der Waals surface area contributed by atoms with Gasteiger partial charge in [-0.2, -0.15) is 10.4 Å². The maximum absolute atomic E-state index is 13.1. The van der Waals surface area contributed by atoms with Gasteiger partial charge in [-0.3, -0.25) is 14.9 Å². The minimum Gasteiger partial charge on any atom is -0.289 e. The molecule has 0 heterocycles. The number of hydrogen-bond acceptors (Lipinski definition) is 6. The molecule has 0 aliphatic heterocycles. The molecule has 1 aliphatic rings. The molecular formula is C22H26N4O3. The lowest BCUT2D eigenvalue weighted by atomic mass is 9.69. The first-order valence-electron chi connectivity index (χ1n) is 9.31. The second-order valence-corrected chi connectivity index (χ2v) is 9.44. The molecule has 1 aromatic carbocycles. The van der Waals surface area contributed by atoms with Crippen LogP contribution in [0.15, 0.2) is 51.7 Å². The van der Waals surface area contributed by atoms with Crippen molar-refractivity contribution < 1.29 is 9.72 Å². The average Bonchev–Trinajstić information content (AvgIpc) is 2.60. The van der Waals surface area contributed by atoms with Crippen LogP contribution in [0.5, 0.6) is 0 Å². The lowest BCUT2D eigenvalue weighted by Crippen LogP contribution is -2.34. The molecule has 0 N–H and O–H groups in total. The Labute approximate surface area is 171 Å². The Hall–Kier alpha value is -3.14. The number of nitriles is 1. The number of nitrogens with zero attached hydrogens (tertiary/aromatic N) is 4. The van der Waals surface area contributed by atoms with Gasteiger partial charge in [0, 0.05) is 17.2 Å². The number of Topliss-reactive ketones (excluding diaryl/α,β-unsaturated/α-hetero) is 1. The number of carbonyl (C=O) groups is 1. The fourth-order valence-electron chi connectivity index (χ4n) is 3.06. The van der Waals surface area contributed by atoms with E-state index in [0.29, 0.717) is 11.1 Å². The van der Waals surface area contributed by atoms with E-state index >= 15 is 0 Å². The van der Waals surface area contributed by atoms with Crippen molar-refractivity contribution in [3.8, 4) is 6.07 Å². The van der Waals surface area contributed by atoms with E-state index in [2.05, 4.69) is 10.2 Å². The van der Waals surface area contributed by atoms with Crippen LogP contribution < -0.4 is 0 Å². The first kappa shape index (κ1) is 22.2. The van der Waals surface area contributed by atoms with Crippen LogP contribution in [0.2, 0.25) is 0 Å². The van der Waals surface area contributed by atoms with Crippen molar-refractivity contribution in [2.24, 2.45) is 21.1 Å². The third-order valence-corrected chi connectivity index (χ3v) is 4.65. The van der Waals surface area contributed by atoms with E-state index in [1.807, 2.05) is 54.5 Å². The van der Waals surface area contributed by atoms with Crippen molar-refractivity contribution >= 4 is 17.2 Å². The first-order valence-corrected chi connectivity index (χ1v) is 9.31. The normalized spacial score (nSPS) is 17.0. The zero-order chi connectivity index (χ0) is 22.2. The van der Waals surface area contributed by atoms with E-state index in [1.165, 1.54) is 18.2 Å². The zero-order valence-corrected chi connectivity index (χ0v) is 17.9. The van der Waals surface area contributed by atoms with E-state index < -0.39 is 10.5 Å². The largest absolute Gasteiger partial charge is 0.298 e. The van der Waals surface area contributed by atoms with Gasteiger partial charge >= 0.3 is 0 Å². The molecule has 0 spiro atoms. The molecule has 0 saturated heterocycles. The molecular weight excluding hydrogens is 368 g/mol. The number of rotatable bonds is 3. The number of nitro groups is 1. The van der Waals surface area contributed by atoms with E-state index in [-0.39, 0.29) is 33.6 Å². The molecule has 0 atom stereocenters. The minimum atomic E-state index is -0.930. The molecule has 0 fully saturated rings. The highest BCUT2D eigenvalue weighted by Gasteiger charge is 2.39. The van der Waals surface area contributed by atoms with E-state index in [0.717, 1.165) is 0 Å². The Morgan fingerprint density at radius 2 is 1.59 bits per heavy atom. The molecule has 0 amide bonds. The Bertz CT molecular complexity index is 962. The second-order valence-electron chi connectivity index (χ2n) is 9.44. The Morgan fingerprint density at radius 1 is 1.07 bits per heavy atom. The predicted octanol–water partition coefficient (Wildman–Crippen LogP) is 5.84. The molecule has 7 heteroatoms. The van der Waals surface area contributed by atoms with Crippen LogP contribution in [0.3, 0.4) is 0 Å². The molecule has 0 bridgehead atoms. The van der Waals surface area contributed by atoms with Gasteiger partial charge in [0.25, 0.3) is 5.69 Å². The average molecular weight is 394 g/mol. The fraction of sp³-hybridized carbons (Fsp3) is 0.455. The number of allylic oxidation sites excluding steroid dienone is 2. The maximum atomic E-state index is 13.1. The highest BCUT2D eigenvalue weighted by molar-refractivity contribution is 6.11. The summed E-state index contributed by atoms with van der Waals surface area (Å²) in [6.07, 6.45) is 3.56. The van der Waals surface area contributed by atoms with Gasteiger partial charge in [-0.25, -0.2) is 0 Å². The first-order chi connectivity index (χ1) is 13.2. The van der Waals surface area contributed by atoms with Gasteiger partial charge in [0.1, 0.15) is 5.54 Å². The molecule has 0 aromatic heterocycles. The highest BCUT2D eigenvalue weighted by atomic mass is 16.6. The van der Waals surface area contributed by atoms with E-state index in [9.17, 15) is 14.9 Å². The lowest BCUT2D eigenvalue weighted by molar-refractivity contribution is -0.384. The van der Waals surface area contributed by atoms with Gasteiger partial charge in [-0.1, -0.05) is 41.5 Å². The van der Waals surface area contributed by atoms with Gasteiger partial charge in [0.15, 0.2) is 11.5 Å². The summed E-state index contributed by atoms with van der Waals surface area (Å²) in [6, 6.07) is 5.92. The van der Waals surface area contributed by atoms with Crippen molar-refractivity contribution in [2.75, 3.05) is 0 Å². The number of carbonyl (C=O) groups excluding carboxylic acids is 1. The van der Waals surface area contributed by atoms with Crippen molar-refractivity contribution in [1.82, 2.24) is 0 Å². The van der Waals surface area contributed by atoms with Crippen molar-refractivity contribution in [3.63, 3.8) is 0 Å². The maximum Gasteiger partial charge on any atom is 0.298 e.